The number of carbonyl (C=O) groups is 4. The monoisotopic (exact) mass is 546 g/mol. The lowest BCUT2D eigenvalue weighted by Gasteiger charge is -2.50. The molecule has 0 unspecified atom stereocenters. The van der Waals surface area contributed by atoms with Gasteiger partial charge in [-0.15, -0.1) is 0 Å². The van der Waals surface area contributed by atoms with E-state index < -0.39 is 86.7 Å². The van der Waals surface area contributed by atoms with Crippen molar-refractivity contribution in [2.24, 2.45) is 17.6 Å². The van der Waals surface area contributed by atoms with Crippen LogP contribution in [0.2, 0.25) is 0 Å². The number of halogens is 1. The van der Waals surface area contributed by atoms with Gasteiger partial charge in [0.25, 0.3) is 5.91 Å². The van der Waals surface area contributed by atoms with Gasteiger partial charge in [0.1, 0.15) is 22.9 Å². The van der Waals surface area contributed by atoms with E-state index in [-0.39, 0.29) is 36.1 Å². The van der Waals surface area contributed by atoms with Crippen LogP contribution in [0.5, 0.6) is 5.75 Å². The van der Waals surface area contributed by atoms with Crippen molar-refractivity contribution in [1.82, 2.24) is 10.2 Å². The number of benzene rings is 1. The Bertz CT molecular complexity index is 1380. The Hall–Kier alpha value is -3.81. The SMILES string of the molecule is CNCCc1c(F)c2c(c(O)c1NC(C)=O)C(=O)C1=C(O)[C@]3(O)C(=O)C(C(N)=O)=C(O)[C@@H](N(C)C)[C@@H]3C[C@@H]1C2. The molecule has 3 aliphatic rings. The second-order valence-electron chi connectivity index (χ2n) is 10.4. The number of likely N-dealkylation sites (N-methyl/N-ethyl adjacent to an activating group) is 2. The number of hydrogen-bond acceptors (Lipinski definition) is 10. The first-order valence-corrected chi connectivity index (χ1v) is 12.3. The lowest BCUT2D eigenvalue weighted by Crippen LogP contribution is -2.63. The minimum absolute atomic E-state index is 0.0155. The number of aliphatic hydroxyl groups is 3. The molecule has 1 aromatic carbocycles. The molecule has 4 atom stereocenters. The summed E-state index contributed by atoms with van der Waals surface area (Å²) in [6.45, 7) is 1.44. The molecule has 0 spiro atoms. The maximum atomic E-state index is 15.9. The van der Waals surface area contributed by atoms with Gasteiger partial charge in [0, 0.05) is 29.5 Å². The van der Waals surface area contributed by atoms with E-state index in [1.807, 2.05) is 0 Å². The van der Waals surface area contributed by atoms with Crippen LogP contribution in [-0.2, 0) is 27.2 Å². The van der Waals surface area contributed by atoms with Crippen LogP contribution in [0.1, 0.15) is 34.8 Å². The topological polar surface area (TPSA) is 203 Å². The summed E-state index contributed by atoms with van der Waals surface area (Å²) in [5, 5.41) is 50.1. The van der Waals surface area contributed by atoms with Gasteiger partial charge in [-0.3, -0.25) is 24.1 Å². The molecule has 0 bridgehead atoms. The van der Waals surface area contributed by atoms with Crippen molar-refractivity contribution < 1.29 is 44.0 Å². The molecule has 13 heteroatoms. The van der Waals surface area contributed by atoms with E-state index in [0.717, 1.165) is 6.92 Å². The van der Waals surface area contributed by atoms with Crippen molar-refractivity contribution in [1.29, 1.82) is 0 Å². The second-order valence-corrected chi connectivity index (χ2v) is 10.4. The van der Waals surface area contributed by atoms with Crippen LogP contribution in [0.3, 0.4) is 0 Å². The fourth-order valence-corrected chi connectivity index (χ4v) is 6.19. The first-order valence-electron chi connectivity index (χ1n) is 12.3. The zero-order valence-electron chi connectivity index (χ0n) is 21.9. The molecule has 0 saturated heterocycles. The molecule has 0 radical (unpaired) electrons. The van der Waals surface area contributed by atoms with E-state index in [4.69, 9.17) is 5.73 Å². The zero-order valence-corrected chi connectivity index (χ0v) is 21.9. The largest absolute Gasteiger partial charge is 0.510 e. The Labute approximate surface area is 223 Å². The van der Waals surface area contributed by atoms with Crippen molar-refractivity contribution in [3.05, 3.63) is 45.2 Å². The van der Waals surface area contributed by atoms with Gasteiger partial charge >= 0.3 is 0 Å². The first-order chi connectivity index (χ1) is 18.2. The van der Waals surface area contributed by atoms with Crippen molar-refractivity contribution in [3.63, 3.8) is 0 Å². The standard InChI is InChI=1S/C26H31FN4O8/c1-9(32)30-18-11(5-6-29-2)17(27)12-7-10-8-13-19(31(3)4)22(35)16(25(28)38)24(37)26(13,39)23(36)14(10)20(33)15(12)21(18)34/h10,13,19,29,34-36,39H,5-8H2,1-4H3,(H2,28,38)(H,30,32)/t10-,13-,19-,26-/m0/s1. The van der Waals surface area contributed by atoms with Crippen LogP contribution < -0.4 is 16.4 Å². The molecule has 210 valence electrons. The molecule has 0 saturated carbocycles. The Morgan fingerprint density at radius 2 is 1.85 bits per heavy atom. The van der Waals surface area contributed by atoms with Gasteiger partial charge in [0.2, 0.25) is 11.7 Å². The highest BCUT2D eigenvalue weighted by Crippen LogP contribution is 2.53. The summed E-state index contributed by atoms with van der Waals surface area (Å²) in [5.41, 5.74) is 0.232. The maximum Gasteiger partial charge on any atom is 0.255 e. The van der Waals surface area contributed by atoms with Gasteiger partial charge in [-0.05, 0) is 52.9 Å². The summed E-state index contributed by atoms with van der Waals surface area (Å²) in [7, 11) is 4.67. The van der Waals surface area contributed by atoms with Crippen LogP contribution >= 0.6 is 0 Å². The van der Waals surface area contributed by atoms with Crippen molar-refractivity contribution in [3.8, 4) is 5.75 Å². The van der Waals surface area contributed by atoms with E-state index in [1.165, 1.54) is 19.0 Å². The van der Waals surface area contributed by atoms with E-state index in [2.05, 4.69) is 10.6 Å². The molecule has 0 fully saturated rings. The first kappa shape index (κ1) is 28.2. The number of nitrogens with one attached hydrogen (secondary N) is 2. The van der Waals surface area contributed by atoms with Crippen LogP contribution in [0.4, 0.5) is 10.1 Å². The second kappa shape index (κ2) is 9.74. The Balaban J connectivity index is 1.97. The van der Waals surface area contributed by atoms with Crippen molar-refractivity contribution in [2.75, 3.05) is 33.0 Å². The van der Waals surface area contributed by atoms with Gasteiger partial charge in [-0.25, -0.2) is 4.39 Å². The van der Waals surface area contributed by atoms with Crippen molar-refractivity contribution >= 4 is 29.1 Å². The number of rotatable bonds is 6. The molecule has 2 amide bonds. The highest BCUT2D eigenvalue weighted by molar-refractivity contribution is 6.25. The van der Waals surface area contributed by atoms with E-state index in [1.54, 1.807) is 7.05 Å². The fourth-order valence-electron chi connectivity index (χ4n) is 6.19. The Morgan fingerprint density at radius 3 is 2.38 bits per heavy atom. The Kier molecular flexibility index (Phi) is 7.04. The number of fused-ring (bicyclic) bond motifs is 3. The molecule has 0 aromatic heterocycles. The third kappa shape index (κ3) is 3.99. The summed E-state index contributed by atoms with van der Waals surface area (Å²) in [6, 6.07) is -1.15. The van der Waals surface area contributed by atoms with Crippen molar-refractivity contribution in [2.45, 2.75) is 37.8 Å². The van der Waals surface area contributed by atoms with Gasteiger partial charge in [0.05, 0.1) is 17.3 Å². The average Bonchev–Trinajstić information content (AvgIpc) is 2.83. The van der Waals surface area contributed by atoms with Gasteiger partial charge in [0.15, 0.2) is 17.1 Å². The van der Waals surface area contributed by atoms with E-state index in [0.29, 0.717) is 6.54 Å². The van der Waals surface area contributed by atoms with E-state index >= 15 is 4.39 Å². The summed E-state index contributed by atoms with van der Waals surface area (Å²) in [5.74, 6) is -9.74. The summed E-state index contributed by atoms with van der Waals surface area (Å²) in [4.78, 5) is 52.4. The molecule has 0 heterocycles. The zero-order chi connectivity index (χ0) is 29.1. The smallest absolute Gasteiger partial charge is 0.255 e. The predicted molar refractivity (Wildman–Crippen MR) is 136 cm³/mol. The predicted octanol–water partition coefficient (Wildman–Crippen LogP) is -0.0200. The molecular formula is C26H31FN4O8. The molecule has 8 N–H and O–H groups in total. The summed E-state index contributed by atoms with van der Waals surface area (Å²) >= 11 is 0. The number of ketones is 2. The number of aliphatic hydroxyl groups excluding tert-OH is 2. The number of phenolic OH excluding ortho intramolecular Hbond substituents is 1. The number of nitrogens with zero attached hydrogens (tertiary/aromatic N) is 1. The quantitative estimate of drug-likeness (QED) is 0.188. The number of aromatic hydroxyl groups is 1. The summed E-state index contributed by atoms with van der Waals surface area (Å²) in [6.07, 6.45) is -0.286. The summed E-state index contributed by atoms with van der Waals surface area (Å²) < 4.78 is 15.9. The van der Waals surface area contributed by atoms with Gasteiger partial charge in [-0.1, -0.05) is 0 Å². The van der Waals surface area contributed by atoms with Gasteiger partial charge in [-0.2, -0.15) is 0 Å². The number of primary amides is 1. The number of hydrogen-bond donors (Lipinski definition) is 7. The maximum absolute atomic E-state index is 15.9. The van der Waals surface area contributed by atoms with Crippen LogP contribution in [0.15, 0.2) is 22.7 Å². The number of Topliss-reactive ketones (excluding diaryl/α,β-unsaturated/α-hetero) is 2. The average molecular weight is 547 g/mol. The Morgan fingerprint density at radius 1 is 1.21 bits per heavy atom. The highest BCUT2D eigenvalue weighted by Gasteiger charge is 2.63. The van der Waals surface area contributed by atoms with E-state index in [9.17, 15) is 39.6 Å². The number of phenols is 1. The third-order valence-corrected chi connectivity index (χ3v) is 7.85. The molecule has 39 heavy (non-hydrogen) atoms. The minimum atomic E-state index is -2.80. The number of amides is 2. The number of anilines is 1. The molecule has 1 aromatic rings. The molecule has 3 aliphatic carbocycles. The molecule has 4 rings (SSSR count). The number of allylic oxidation sites excluding steroid dienone is 1. The number of carbonyl (C=O) groups excluding carboxylic acids is 4. The van der Waals surface area contributed by atoms with Crippen LogP contribution in [-0.4, -0.2) is 88.0 Å². The fraction of sp³-hybridized carbons (Fsp3) is 0.462. The third-order valence-electron chi connectivity index (χ3n) is 7.85. The lowest BCUT2D eigenvalue weighted by atomic mass is 9.58. The molecule has 12 nitrogen and oxygen atoms in total. The van der Waals surface area contributed by atoms with Gasteiger partial charge < -0.3 is 36.8 Å². The molecular weight excluding hydrogens is 515 g/mol. The minimum Gasteiger partial charge on any atom is -0.510 e. The van der Waals surface area contributed by atoms with Crippen LogP contribution in [0.25, 0.3) is 0 Å². The normalized spacial score (nSPS) is 26.4. The van der Waals surface area contributed by atoms with Crippen LogP contribution in [0, 0.1) is 17.7 Å². The highest BCUT2D eigenvalue weighted by atomic mass is 19.1. The molecule has 0 aliphatic heterocycles. The number of nitrogens with two attached hydrogens (primary N) is 1. The lowest BCUT2D eigenvalue weighted by molar-refractivity contribution is -0.148.